The average Bonchev–Trinajstić information content (AvgIpc) is 3.04. The Balaban J connectivity index is 1.94. The molecule has 3 aromatic carbocycles. The predicted octanol–water partition coefficient (Wildman–Crippen LogP) is 8.08. The molecule has 3 aromatic rings. The largest absolute Gasteiger partial charge is 0.461 e. The van der Waals surface area contributed by atoms with Crippen molar-refractivity contribution in [1.29, 1.82) is 0 Å². The zero-order valence-corrected chi connectivity index (χ0v) is 31.0. The van der Waals surface area contributed by atoms with Crippen molar-refractivity contribution < 1.29 is 18.8 Å². The summed E-state index contributed by atoms with van der Waals surface area (Å²) in [5, 5.41) is 3.14. The Labute approximate surface area is 288 Å². The van der Waals surface area contributed by atoms with E-state index in [4.69, 9.17) is 14.9 Å². The Morgan fingerprint density at radius 2 is 1.36 bits per heavy atom. The molecule has 0 unspecified atom stereocenters. The van der Waals surface area contributed by atoms with Gasteiger partial charge in [0.25, 0.3) is 0 Å². The number of esters is 1. The molecule has 1 amide bonds. The third kappa shape index (κ3) is 10.4. The lowest BCUT2D eigenvalue weighted by molar-refractivity contribution is -0.145. The van der Waals surface area contributed by atoms with E-state index in [-0.39, 0.29) is 35.9 Å². The third-order valence-corrected chi connectivity index (χ3v) is 15.0. The van der Waals surface area contributed by atoms with Crippen LogP contribution < -0.4 is 11.1 Å². The van der Waals surface area contributed by atoms with Gasteiger partial charge in [-0.25, -0.2) is 0 Å². The summed E-state index contributed by atoms with van der Waals surface area (Å²) >= 11 is 1.65. The molecule has 0 aliphatic heterocycles. The minimum atomic E-state index is -2.33. The molecular formula is C39H54N2O4SSi. The van der Waals surface area contributed by atoms with Gasteiger partial charge in [0.05, 0.1) is 29.4 Å². The van der Waals surface area contributed by atoms with Crippen LogP contribution in [0.2, 0.25) is 18.1 Å². The van der Waals surface area contributed by atoms with Crippen LogP contribution in [-0.4, -0.2) is 50.7 Å². The van der Waals surface area contributed by atoms with E-state index in [1.807, 2.05) is 54.6 Å². The van der Waals surface area contributed by atoms with Gasteiger partial charge < -0.3 is 20.2 Å². The number of thioether (sulfide) groups is 1. The van der Waals surface area contributed by atoms with Gasteiger partial charge in [-0.05, 0) is 47.2 Å². The minimum Gasteiger partial charge on any atom is -0.461 e. The van der Waals surface area contributed by atoms with Crippen LogP contribution in [0.5, 0.6) is 0 Å². The standard InChI is InChI=1S/C39H54N2O4SSi/c1-9-25-44-36(42)27-35(45-47(7,8)38(4,5)6)34(26-29(2)3)41-37(43)33(40)28-46-39(30-19-13-10-14-20-30,31-21-15-11-16-22-31)32-23-17-12-18-24-32/h9-24,29,33-35H,1,25-28,40H2,2-8H3,(H,41,43)/t33-,34-,35+/m1/s1. The lowest BCUT2D eigenvalue weighted by Gasteiger charge is -2.42. The molecule has 3 rings (SSSR count). The maximum Gasteiger partial charge on any atom is 0.308 e. The SMILES string of the molecule is C=CCOC(=O)C[C@H](O[Si](C)(C)C(C)(C)C)[C@@H](CC(C)C)NC(=O)[C@H](N)CSC(c1ccccc1)(c1ccccc1)c1ccccc1. The molecule has 6 nitrogen and oxygen atoms in total. The van der Waals surface area contributed by atoms with E-state index in [2.05, 4.69) is 96.0 Å². The van der Waals surface area contributed by atoms with Crippen molar-refractivity contribution in [3.63, 3.8) is 0 Å². The van der Waals surface area contributed by atoms with Gasteiger partial charge in [-0.1, -0.05) is 138 Å². The van der Waals surface area contributed by atoms with Crippen LogP contribution in [-0.2, 0) is 23.5 Å². The molecule has 0 spiro atoms. The van der Waals surface area contributed by atoms with Crippen LogP contribution in [0.25, 0.3) is 0 Å². The molecule has 47 heavy (non-hydrogen) atoms. The van der Waals surface area contributed by atoms with Gasteiger partial charge in [-0.2, -0.15) is 0 Å². The quantitative estimate of drug-likeness (QED) is 0.0651. The highest BCUT2D eigenvalue weighted by molar-refractivity contribution is 8.00. The Bertz CT molecular complexity index is 1310. The highest BCUT2D eigenvalue weighted by Crippen LogP contribution is 2.48. The molecule has 0 aromatic heterocycles. The Kier molecular flexibility index (Phi) is 14.1. The van der Waals surface area contributed by atoms with E-state index >= 15 is 0 Å². The molecule has 254 valence electrons. The Morgan fingerprint density at radius 1 is 0.894 bits per heavy atom. The number of benzene rings is 3. The van der Waals surface area contributed by atoms with Crippen LogP contribution in [0, 0.1) is 5.92 Å². The van der Waals surface area contributed by atoms with Gasteiger partial charge in [0, 0.05) is 5.75 Å². The van der Waals surface area contributed by atoms with Gasteiger partial charge >= 0.3 is 5.97 Å². The molecule has 0 aliphatic rings. The molecule has 0 aliphatic carbocycles. The number of rotatable bonds is 17. The lowest BCUT2D eigenvalue weighted by atomic mass is 9.84. The van der Waals surface area contributed by atoms with Gasteiger partial charge in [0.2, 0.25) is 5.91 Å². The zero-order valence-electron chi connectivity index (χ0n) is 29.2. The summed E-state index contributed by atoms with van der Waals surface area (Å²) in [6.45, 7) is 18.8. The fourth-order valence-corrected chi connectivity index (χ4v) is 8.20. The minimum absolute atomic E-state index is 0.0289. The Hall–Kier alpha value is -3.17. The maximum absolute atomic E-state index is 14.0. The number of carbonyl (C=O) groups excluding carboxylic acids is 2. The molecule has 3 N–H and O–H groups in total. The van der Waals surface area contributed by atoms with Crippen molar-refractivity contribution in [2.75, 3.05) is 12.4 Å². The van der Waals surface area contributed by atoms with Crippen LogP contribution in [0.4, 0.5) is 0 Å². The summed E-state index contributed by atoms with van der Waals surface area (Å²) < 4.78 is 11.6. The summed E-state index contributed by atoms with van der Waals surface area (Å²) in [6, 6.07) is 29.8. The number of amides is 1. The van der Waals surface area contributed by atoms with E-state index in [1.165, 1.54) is 0 Å². The van der Waals surface area contributed by atoms with Gasteiger partial charge in [0.15, 0.2) is 8.32 Å². The maximum atomic E-state index is 14.0. The molecule has 0 bridgehead atoms. The Morgan fingerprint density at radius 3 is 1.77 bits per heavy atom. The first kappa shape index (κ1) is 38.3. The fraction of sp³-hybridized carbons (Fsp3) is 0.436. The van der Waals surface area contributed by atoms with Crippen LogP contribution >= 0.6 is 11.8 Å². The molecule has 0 radical (unpaired) electrons. The molecule has 0 saturated carbocycles. The molecule has 3 atom stereocenters. The highest BCUT2D eigenvalue weighted by Gasteiger charge is 2.43. The summed E-state index contributed by atoms with van der Waals surface area (Å²) in [5.41, 5.74) is 10.0. The fourth-order valence-electron chi connectivity index (χ4n) is 5.36. The van der Waals surface area contributed by atoms with Gasteiger partial charge in [0.1, 0.15) is 6.61 Å². The summed E-state index contributed by atoms with van der Waals surface area (Å²) in [6.07, 6.45) is 1.64. The number of nitrogens with two attached hydrogens (primary N) is 1. The van der Waals surface area contributed by atoms with E-state index < -0.39 is 31.3 Å². The molecule has 8 heteroatoms. The molecule has 0 heterocycles. The van der Waals surface area contributed by atoms with Crippen molar-refractivity contribution in [2.45, 2.75) is 88.5 Å². The first-order valence-electron chi connectivity index (χ1n) is 16.5. The predicted molar refractivity (Wildman–Crippen MR) is 199 cm³/mol. The monoisotopic (exact) mass is 674 g/mol. The highest BCUT2D eigenvalue weighted by atomic mass is 32.2. The average molecular weight is 675 g/mol. The van der Waals surface area contributed by atoms with Crippen molar-refractivity contribution in [2.24, 2.45) is 11.7 Å². The molecular weight excluding hydrogens is 621 g/mol. The second kappa shape index (κ2) is 17.3. The summed E-state index contributed by atoms with van der Waals surface area (Å²) in [4.78, 5) is 26.9. The second-order valence-corrected chi connectivity index (χ2v) is 20.0. The summed E-state index contributed by atoms with van der Waals surface area (Å²) in [5.74, 6) is -0.0551. The van der Waals surface area contributed by atoms with Crippen molar-refractivity contribution in [1.82, 2.24) is 5.32 Å². The van der Waals surface area contributed by atoms with Crippen LogP contribution in [0.3, 0.4) is 0 Å². The van der Waals surface area contributed by atoms with E-state index in [0.29, 0.717) is 12.2 Å². The number of hydrogen-bond acceptors (Lipinski definition) is 6. The van der Waals surface area contributed by atoms with Gasteiger partial charge in [-0.3, -0.25) is 9.59 Å². The van der Waals surface area contributed by atoms with E-state index in [1.54, 1.807) is 17.8 Å². The van der Waals surface area contributed by atoms with Crippen molar-refractivity contribution in [3.8, 4) is 0 Å². The molecule has 0 fully saturated rings. The normalized spacial score (nSPS) is 14.2. The second-order valence-electron chi connectivity index (χ2n) is 14.0. The zero-order chi connectivity index (χ0) is 34.7. The molecule has 0 saturated heterocycles. The van der Waals surface area contributed by atoms with E-state index in [0.717, 1.165) is 16.7 Å². The van der Waals surface area contributed by atoms with Crippen molar-refractivity contribution in [3.05, 3.63) is 120 Å². The topological polar surface area (TPSA) is 90.6 Å². The van der Waals surface area contributed by atoms with Gasteiger partial charge in [-0.15, -0.1) is 11.8 Å². The smallest absolute Gasteiger partial charge is 0.308 e. The first-order chi connectivity index (χ1) is 22.2. The first-order valence-corrected chi connectivity index (χ1v) is 20.4. The van der Waals surface area contributed by atoms with E-state index in [9.17, 15) is 9.59 Å². The lowest BCUT2D eigenvalue weighted by Crippen LogP contribution is -2.55. The van der Waals surface area contributed by atoms with Crippen LogP contribution in [0.15, 0.2) is 104 Å². The number of nitrogens with one attached hydrogen (secondary N) is 1. The number of ether oxygens (including phenoxy) is 1. The third-order valence-electron chi connectivity index (χ3n) is 8.84. The summed E-state index contributed by atoms with van der Waals surface area (Å²) in [7, 11) is -2.33. The van der Waals surface area contributed by atoms with Crippen molar-refractivity contribution >= 4 is 32.0 Å². The number of hydrogen-bond donors (Lipinski definition) is 2. The number of carbonyl (C=O) groups is 2. The van der Waals surface area contributed by atoms with Crippen LogP contribution in [0.1, 0.15) is 64.2 Å².